The standard InChI is InChI=1S/C15H12Cl2N2S2/c1-9-8-12(16)18-15(17)13(9)19-14(10-4-2-6-20-10)11-5-3-7-21-11/h2-8,14,19H,1H3. The molecule has 0 saturated carbocycles. The molecule has 21 heavy (non-hydrogen) atoms. The van der Waals surface area contributed by atoms with E-state index in [1.165, 1.54) is 9.75 Å². The van der Waals surface area contributed by atoms with Crippen LogP contribution in [0.3, 0.4) is 0 Å². The molecule has 3 aromatic heterocycles. The molecular formula is C15H12Cl2N2S2. The highest BCUT2D eigenvalue weighted by Gasteiger charge is 2.19. The maximum absolute atomic E-state index is 6.25. The Balaban J connectivity index is 2.00. The first kappa shape index (κ1) is 14.9. The molecule has 0 fully saturated rings. The number of nitrogens with one attached hydrogen (secondary N) is 1. The molecule has 0 radical (unpaired) electrons. The van der Waals surface area contributed by atoms with Crippen LogP contribution in [0, 0.1) is 6.92 Å². The Kier molecular flexibility index (Phi) is 4.50. The minimum absolute atomic E-state index is 0.0733. The third-order valence-corrected chi connectivity index (χ3v) is 5.43. The predicted octanol–water partition coefficient (Wildman–Crippen LogP) is 6.02. The normalized spacial score (nSPS) is 11.0. The van der Waals surface area contributed by atoms with Gasteiger partial charge >= 0.3 is 0 Å². The Morgan fingerprint density at radius 1 is 1.10 bits per heavy atom. The van der Waals surface area contributed by atoms with Gasteiger partial charge in [0.1, 0.15) is 5.15 Å². The van der Waals surface area contributed by atoms with Gasteiger partial charge in [-0.1, -0.05) is 35.3 Å². The third kappa shape index (κ3) is 3.24. The van der Waals surface area contributed by atoms with Crippen molar-refractivity contribution >= 4 is 51.6 Å². The monoisotopic (exact) mass is 354 g/mol. The fourth-order valence-electron chi connectivity index (χ4n) is 2.11. The molecule has 0 amide bonds. The fraction of sp³-hybridized carbons (Fsp3) is 0.133. The van der Waals surface area contributed by atoms with Gasteiger partial charge in [-0.15, -0.1) is 22.7 Å². The number of nitrogens with zero attached hydrogens (tertiary/aromatic N) is 1. The van der Waals surface area contributed by atoms with E-state index in [0.717, 1.165) is 11.3 Å². The Morgan fingerprint density at radius 3 is 2.19 bits per heavy atom. The van der Waals surface area contributed by atoms with E-state index < -0.39 is 0 Å². The van der Waals surface area contributed by atoms with Crippen LogP contribution in [0.2, 0.25) is 10.3 Å². The summed E-state index contributed by atoms with van der Waals surface area (Å²) in [5.41, 5.74) is 1.81. The summed E-state index contributed by atoms with van der Waals surface area (Å²) < 4.78 is 0. The summed E-state index contributed by atoms with van der Waals surface area (Å²) >= 11 is 15.6. The molecule has 6 heteroatoms. The topological polar surface area (TPSA) is 24.9 Å². The van der Waals surface area contributed by atoms with Crippen LogP contribution in [0.15, 0.2) is 41.1 Å². The van der Waals surface area contributed by atoms with Gasteiger partial charge in [0, 0.05) is 9.75 Å². The highest BCUT2D eigenvalue weighted by atomic mass is 35.5. The number of aromatic nitrogens is 1. The minimum Gasteiger partial charge on any atom is -0.370 e. The van der Waals surface area contributed by atoms with E-state index in [-0.39, 0.29) is 6.04 Å². The van der Waals surface area contributed by atoms with E-state index >= 15 is 0 Å². The number of hydrogen-bond donors (Lipinski definition) is 1. The van der Waals surface area contributed by atoms with Crippen molar-refractivity contribution in [3.63, 3.8) is 0 Å². The number of anilines is 1. The Hall–Kier alpha value is -1.07. The van der Waals surface area contributed by atoms with Crippen LogP contribution in [0.4, 0.5) is 5.69 Å². The number of pyridine rings is 1. The molecule has 0 saturated heterocycles. The third-order valence-electron chi connectivity index (χ3n) is 3.09. The quantitative estimate of drug-likeness (QED) is 0.579. The van der Waals surface area contributed by atoms with Gasteiger partial charge < -0.3 is 5.32 Å². The molecule has 0 bridgehead atoms. The SMILES string of the molecule is Cc1cc(Cl)nc(Cl)c1NC(c1cccs1)c1cccs1. The minimum atomic E-state index is 0.0733. The molecule has 1 N–H and O–H groups in total. The van der Waals surface area contributed by atoms with Crippen LogP contribution in [-0.2, 0) is 0 Å². The zero-order chi connectivity index (χ0) is 14.8. The van der Waals surface area contributed by atoms with Crippen LogP contribution < -0.4 is 5.32 Å². The molecule has 0 aliphatic rings. The molecule has 0 unspecified atom stereocenters. The first-order valence-corrected chi connectivity index (χ1v) is 8.82. The number of thiophene rings is 2. The van der Waals surface area contributed by atoms with Crippen molar-refractivity contribution in [1.29, 1.82) is 0 Å². The lowest BCUT2D eigenvalue weighted by Crippen LogP contribution is -2.11. The molecule has 3 heterocycles. The molecule has 108 valence electrons. The molecule has 0 atom stereocenters. The summed E-state index contributed by atoms with van der Waals surface area (Å²) in [6.07, 6.45) is 0. The van der Waals surface area contributed by atoms with Gasteiger partial charge in [0.05, 0.1) is 11.7 Å². The van der Waals surface area contributed by atoms with Gasteiger partial charge in [0.25, 0.3) is 0 Å². The lowest BCUT2D eigenvalue weighted by atomic mass is 10.1. The van der Waals surface area contributed by atoms with Gasteiger partial charge in [-0.3, -0.25) is 0 Å². The fourth-order valence-corrected chi connectivity index (χ4v) is 4.35. The molecule has 0 spiro atoms. The summed E-state index contributed by atoms with van der Waals surface area (Å²) in [5, 5.41) is 8.48. The number of halogens is 2. The highest BCUT2D eigenvalue weighted by molar-refractivity contribution is 7.11. The van der Waals surface area contributed by atoms with Crippen molar-refractivity contribution in [3.8, 4) is 0 Å². The van der Waals surface area contributed by atoms with E-state index in [0.29, 0.717) is 10.3 Å². The number of aryl methyl sites for hydroxylation is 1. The molecule has 2 nitrogen and oxygen atoms in total. The second-order valence-electron chi connectivity index (χ2n) is 4.54. The molecular weight excluding hydrogens is 343 g/mol. The van der Waals surface area contributed by atoms with E-state index in [9.17, 15) is 0 Å². The van der Waals surface area contributed by atoms with E-state index in [1.807, 2.05) is 13.0 Å². The molecule has 0 aliphatic carbocycles. The van der Waals surface area contributed by atoms with Crippen LogP contribution in [0.5, 0.6) is 0 Å². The van der Waals surface area contributed by atoms with E-state index in [4.69, 9.17) is 23.2 Å². The molecule has 3 rings (SSSR count). The van der Waals surface area contributed by atoms with Gasteiger partial charge in [-0.05, 0) is 41.4 Å². The average molecular weight is 355 g/mol. The average Bonchev–Trinajstić information content (AvgIpc) is 3.11. The molecule has 0 aliphatic heterocycles. The zero-order valence-corrected chi connectivity index (χ0v) is 14.3. The first-order chi connectivity index (χ1) is 10.1. The Morgan fingerprint density at radius 2 is 1.71 bits per heavy atom. The van der Waals surface area contributed by atoms with Crippen LogP contribution in [0.1, 0.15) is 21.4 Å². The summed E-state index contributed by atoms with van der Waals surface area (Å²) in [6, 6.07) is 10.2. The summed E-state index contributed by atoms with van der Waals surface area (Å²) in [6.45, 7) is 1.97. The van der Waals surface area contributed by atoms with Crippen molar-refractivity contribution in [2.24, 2.45) is 0 Å². The summed E-state index contributed by atoms with van der Waals surface area (Å²) in [5.74, 6) is 0. The lowest BCUT2D eigenvalue weighted by molar-refractivity contribution is 0.984. The first-order valence-electron chi connectivity index (χ1n) is 6.31. The van der Waals surface area contributed by atoms with Crippen molar-refractivity contribution in [2.75, 3.05) is 5.32 Å². The Labute approximate surface area is 141 Å². The van der Waals surface area contributed by atoms with Gasteiger partial charge in [0.2, 0.25) is 0 Å². The van der Waals surface area contributed by atoms with E-state index in [1.54, 1.807) is 22.7 Å². The van der Waals surface area contributed by atoms with Crippen LogP contribution in [0.25, 0.3) is 0 Å². The highest BCUT2D eigenvalue weighted by Crippen LogP contribution is 2.36. The van der Waals surface area contributed by atoms with Crippen molar-refractivity contribution < 1.29 is 0 Å². The molecule has 0 aromatic carbocycles. The van der Waals surface area contributed by atoms with Crippen molar-refractivity contribution in [2.45, 2.75) is 13.0 Å². The maximum Gasteiger partial charge on any atom is 0.154 e. The number of hydrogen-bond acceptors (Lipinski definition) is 4. The van der Waals surface area contributed by atoms with Gasteiger partial charge in [-0.2, -0.15) is 0 Å². The maximum atomic E-state index is 6.25. The van der Waals surface area contributed by atoms with Crippen LogP contribution in [-0.4, -0.2) is 4.98 Å². The second-order valence-corrected chi connectivity index (χ2v) is 7.24. The van der Waals surface area contributed by atoms with Crippen molar-refractivity contribution in [1.82, 2.24) is 4.98 Å². The summed E-state index contributed by atoms with van der Waals surface area (Å²) in [7, 11) is 0. The molecule has 3 aromatic rings. The predicted molar refractivity (Wildman–Crippen MR) is 93.1 cm³/mol. The van der Waals surface area contributed by atoms with Gasteiger partial charge in [-0.25, -0.2) is 4.98 Å². The number of rotatable bonds is 4. The van der Waals surface area contributed by atoms with Gasteiger partial charge in [0.15, 0.2) is 5.15 Å². The van der Waals surface area contributed by atoms with Crippen LogP contribution >= 0.6 is 45.9 Å². The second kappa shape index (κ2) is 6.36. The van der Waals surface area contributed by atoms with E-state index in [2.05, 4.69) is 45.3 Å². The zero-order valence-electron chi connectivity index (χ0n) is 11.1. The lowest BCUT2D eigenvalue weighted by Gasteiger charge is -2.20. The summed E-state index contributed by atoms with van der Waals surface area (Å²) in [4.78, 5) is 6.60. The largest absolute Gasteiger partial charge is 0.370 e. The van der Waals surface area contributed by atoms with Crippen molar-refractivity contribution in [3.05, 3.63) is 66.7 Å². The Bertz CT molecular complexity index is 667. The smallest absolute Gasteiger partial charge is 0.154 e.